The summed E-state index contributed by atoms with van der Waals surface area (Å²) in [5.41, 5.74) is 6.45. The van der Waals surface area contributed by atoms with Crippen LogP contribution in [0.5, 0.6) is 0 Å². The highest BCUT2D eigenvalue weighted by molar-refractivity contribution is 5.82. The smallest absolute Gasteiger partial charge is 0.259 e. The van der Waals surface area contributed by atoms with Gasteiger partial charge >= 0.3 is 0 Å². The number of aromatic nitrogens is 2. The van der Waals surface area contributed by atoms with Crippen LogP contribution in [0.1, 0.15) is 11.7 Å². The fourth-order valence-corrected chi connectivity index (χ4v) is 1.61. The van der Waals surface area contributed by atoms with E-state index in [1.54, 1.807) is 23.9 Å². The molecule has 5 heteroatoms. The Bertz CT molecular complexity index is 478. The minimum Gasteiger partial charge on any atom is -0.318 e. The molecule has 1 unspecified atom stereocenters. The van der Waals surface area contributed by atoms with Crippen LogP contribution in [0.3, 0.4) is 0 Å². The van der Waals surface area contributed by atoms with Crippen molar-refractivity contribution in [1.82, 2.24) is 9.78 Å². The molecule has 3 nitrogen and oxygen atoms in total. The highest BCUT2D eigenvalue weighted by atomic mass is 19.3. The quantitative estimate of drug-likeness (QED) is 0.823. The molecule has 0 spiro atoms. The Morgan fingerprint density at radius 3 is 2.67 bits per heavy atom. The van der Waals surface area contributed by atoms with E-state index in [4.69, 9.17) is 5.73 Å². The zero-order valence-corrected chi connectivity index (χ0v) is 8.19. The van der Waals surface area contributed by atoms with E-state index in [0.717, 1.165) is 5.52 Å². The molecule has 1 atom stereocenters. The van der Waals surface area contributed by atoms with Gasteiger partial charge in [0.1, 0.15) is 6.04 Å². The Morgan fingerprint density at radius 2 is 2.00 bits per heavy atom. The van der Waals surface area contributed by atoms with Crippen LogP contribution in [-0.2, 0) is 7.05 Å². The first kappa shape index (κ1) is 10.0. The average molecular weight is 211 g/mol. The lowest BCUT2D eigenvalue weighted by molar-refractivity contribution is 0.115. The first-order valence-corrected chi connectivity index (χ1v) is 4.56. The summed E-state index contributed by atoms with van der Waals surface area (Å²) >= 11 is 0. The number of alkyl halides is 2. The zero-order chi connectivity index (χ0) is 11.0. The second-order valence-electron chi connectivity index (χ2n) is 3.39. The van der Waals surface area contributed by atoms with Gasteiger partial charge < -0.3 is 5.73 Å². The number of nitrogens with two attached hydrogens (primary N) is 1. The van der Waals surface area contributed by atoms with Crippen LogP contribution in [0.15, 0.2) is 24.3 Å². The number of halogens is 2. The molecule has 2 N–H and O–H groups in total. The first-order valence-electron chi connectivity index (χ1n) is 4.56. The van der Waals surface area contributed by atoms with Crippen LogP contribution in [0.25, 0.3) is 10.9 Å². The SMILES string of the molecule is Cn1nc(C(N)C(F)F)c2ccccc21. The van der Waals surface area contributed by atoms with Gasteiger partial charge in [0, 0.05) is 12.4 Å². The fraction of sp³-hybridized carbons (Fsp3) is 0.300. The molecule has 1 aromatic carbocycles. The number of para-hydroxylation sites is 1. The zero-order valence-electron chi connectivity index (χ0n) is 8.19. The van der Waals surface area contributed by atoms with Crippen molar-refractivity contribution in [2.75, 3.05) is 0 Å². The second kappa shape index (κ2) is 3.58. The van der Waals surface area contributed by atoms with Crippen molar-refractivity contribution < 1.29 is 8.78 Å². The molecule has 0 aliphatic rings. The minimum atomic E-state index is -2.59. The van der Waals surface area contributed by atoms with E-state index < -0.39 is 12.5 Å². The first-order chi connectivity index (χ1) is 7.11. The van der Waals surface area contributed by atoms with Gasteiger partial charge in [0.2, 0.25) is 0 Å². The summed E-state index contributed by atoms with van der Waals surface area (Å²) in [7, 11) is 1.71. The maximum absolute atomic E-state index is 12.5. The molecule has 0 radical (unpaired) electrons. The third-order valence-corrected chi connectivity index (χ3v) is 2.37. The fourth-order valence-electron chi connectivity index (χ4n) is 1.61. The van der Waals surface area contributed by atoms with Crippen LogP contribution in [0.2, 0.25) is 0 Å². The van der Waals surface area contributed by atoms with E-state index in [-0.39, 0.29) is 5.69 Å². The van der Waals surface area contributed by atoms with Gasteiger partial charge in [-0.25, -0.2) is 8.78 Å². The number of aryl methyl sites for hydroxylation is 1. The molecule has 0 aliphatic heterocycles. The predicted molar refractivity (Wildman–Crippen MR) is 53.6 cm³/mol. The van der Waals surface area contributed by atoms with Crippen LogP contribution in [0, 0.1) is 0 Å². The highest BCUT2D eigenvalue weighted by Gasteiger charge is 2.23. The molecular formula is C10H11F2N3. The van der Waals surface area contributed by atoms with E-state index in [9.17, 15) is 8.78 Å². The van der Waals surface area contributed by atoms with Gasteiger partial charge in [-0.15, -0.1) is 0 Å². The summed E-state index contributed by atoms with van der Waals surface area (Å²) in [6.07, 6.45) is -2.59. The standard InChI is InChI=1S/C10H11F2N3/c1-15-7-5-3-2-4-6(7)9(14-15)8(13)10(11)12/h2-5,8,10H,13H2,1H3. The summed E-state index contributed by atoms with van der Waals surface area (Å²) in [5, 5.41) is 4.71. The Kier molecular flexibility index (Phi) is 2.40. The molecule has 2 aromatic rings. The summed E-state index contributed by atoms with van der Waals surface area (Å²) < 4.78 is 26.5. The monoisotopic (exact) mass is 211 g/mol. The summed E-state index contributed by atoms with van der Waals surface area (Å²) in [5.74, 6) is 0. The van der Waals surface area contributed by atoms with Crippen LogP contribution < -0.4 is 5.73 Å². The lowest BCUT2D eigenvalue weighted by Gasteiger charge is -2.06. The van der Waals surface area contributed by atoms with Gasteiger partial charge in [0.05, 0.1) is 11.2 Å². The van der Waals surface area contributed by atoms with Crippen molar-refractivity contribution in [3.63, 3.8) is 0 Å². The van der Waals surface area contributed by atoms with E-state index in [1.165, 1.54) is 0 Å². The summed E-state index contributed by atoms with van der Waals surface area (Å²) in [6, 6.07) is 5.87. The Balaban J connectivity index is 2.62. The van der Waals surface area contributed by atoms with Crippen molar-refractivity contribution >= 4 is 10.9 Å². The Hall–Kier alpha value is -1.49. The van der Waals surface area contributed by atoms with Gasteiger partial charge in [-0.3, -0.25) is 4.68 Å². The number of hydrogen-bond donors (Lipinski definition) is 1. The molecule has 15 heavy (non-hydrogen) atoms. The number of hydrogen-bond acceptors (Lipinski definition) is 2. The van der Waals surface area contributed by atoms with Crippen LogP contribution >= 0.6 is 0 Å². The molecule has 0 amide bonds. The summed E-state index contributed by atoms with van der Waals surface area (Å²) in [4.78, 5) is 0. The third-order valence-electron chi connectivity index (χ3n) is 2.37. The van der Waals surface area contributed by atoms with Crippen LogP contribution in [-0.4, -0.2) is 16.2 Å². The maximum atomic E-state index is 12.5. The van der Waals surface area contributed by atoms with E-state index in [0.29, 0.717) is 5.39 Å². The maximum Gasteiger partial charge on any atom is 0.259 e. The Labute approximate surface area is 85.5 Å². The van der Waals surface area contributed by atoms with Crippen molar-refractivity contribution in [3.8, 4) is 0 Å². The molecule has 1 aromatic heterocycles. The van der Waals surface area contributed by atoms with Gasteiger partial charge in [-0.05, 0) is 6.07 Å². The highest BCUT2D eigenvalue weighted by Crippen LogP contribution is 2.25. The third kappa shape index (κ3) is 1.59. The van der Waals surface area contributed by atoms with Gasteiger partial charge in [0.15, 0.2) is 0 Å². The van der Waals surface area contributed by atoms with Crippen molar-refractivity contribution in [1.29, 1.82) is 0 Å². The van der Waals surface area contributed by atoms with Crippen molar-refractivity contribution in [2.24, 2.45) is 12.8 Å². The summed E-state index contributed by atoms with van der Waals surface area (Å²) in [6.45, 7) is 0. The minimum absolute atomic E-state index is 0.253. The molecule has 0 saturated carbocycles. The van der Waals surface area contributed by atoms with Crippen molar-refractivity contribution in [2.45, 2.75) is 12.5 Å². The van der Waals surface area contributed by atoms with E-state index in [2.05, 4.69) is 5.10 Å². The number of rotatable bonds is 2. The molecule has 0 bridgehead atoms. The van der Waals surface area contributed by atoms with Gasteiger partial charge in [-0.2, -0.15) is 5.10 Å². The van der Waals surface area contributed by atoms with Crippen molar-refractivity contribution in [3.05, 3.63) is 30.0 Å². The molecule has 0 aliphatic carbocycles. The average Bonchev–Trinajstić information content (AvgIpc) is 2.56. The largest absolute Gasteiger partial charge is 0.318 e. The normalized spacial score (nSPS) is 13.7. The second-order valence-corrected chi connectivity index (χ2v) is 3.39. The molecule has 0 saturated heterocycles. The lowest BCUT2D eigenvalue weighted by atomic mass is 10.1. The van der Waals surface area contributed by atoms with Crippen LogP contribution in [0.4, 0.5) is 8.78 Å². The molecule has 0 fully saturated rings. The number of fused-ring (bicyclic) bond motifs is 1. The molecule has 1 heterocycles. The Morgan fingerprint density at radius 1 is 1.33 bits per heavy atom. The number of benzene rings is 1. The number of nitrogens with zero attached hydrogens (tertiary/aromatic N) is 2. The lowest BCUT2D eigenvalue weighted by Crippen LogP contribution is -2.19. The van der Waals surface area contributed by atoms with Gasteiger partial charge in [-0.1, -0.05) is 18.2 Å². The van der Waals surface area contributed by atoms with Gasteiger partial charge in [0.25, 0.3) is 6.43 Å². The van der Waals surface area contributed by atoms with E-state index in [1.807, 2.05) is 12.1 Å². The topological polar surface area (TPSA) is 43.8 Å². The predicted octanol–water partition coefficient (Wildman–Crippen LogP) is 1.84. The molecule has 80 valence electrons. The van der Waals surface area contributed by atoms with E-state index >= 15 is 0 Å². The molecule has 2 rings (SSSR count). The molecular weight excluding hydrogens is 200 g/mol.